The van der Waals surface area contributed by atoms with Gasteiger partial charge in [-0.25, -0.2) is 0 Å². The Bertz CT molecular complexity index is 343. The molecule has 3 heterocycles. The van der Waals surface area contributed by atoms with Gasteiger partial charge in [-0.1, -0.05) is 20.3 Å². The van der Waals surface area contributed by atoms with Gasteiger partial charge in [-0.3, -0.25) is 10.1 Å². The molecule has 2 bridgehead atoms. The highest BCUT2D eigenvalue weighted by atomic mass is 16.2. The fraction of sp³-hybridized carbons (Fsp3) is 0.933. The third-order valence-electron chi connectivity index (χ3n) is 5.39. The first-order valence-corrected chi connectivity index (χ1v) is 7.84. The molecule has 19 heavy (non-hydrogen) atoms. The monoisotopic (exact) mass is 265 g/mol. The molecule has 3 rings (SSSR count). The molecule has 0 saturated carbocycles. The third-order valence-corrected chi connectivity index (χ3v) is 5.39. The summed E-state index contributed by atoms with van der Waals surface area (Å²) in [5, 5.41) is 3.39. The van der Waals surface area contributed by atoms with Crippen molar-refractivity contribution in [2.24, 2.45) is 5.92 Å². The number of nitrogens with one attached hydrogen (secondary N) is 1. The summed E-state index contributed by atoms with van der Waals surface area (Å²) in [6, 6.07) is 1.85. The molecular formula is C15H27N3O. The van der Waals surface area contributed by atoms with E-state index in [9.17, 15) is 4.79 Å². The first kappa shape index (κ1) is 13.4. The molecule has 108 valence electrons. The predicted octanol–water partition coefficient (Wildman–Crippen LogP) is 1.42. The van der Waals surface area contributed by atoms with Crippen LogP contribution in [0.1, 0.15) is 46.0 Å². The molecule has 3 atom stereocenters. The maximum absolute atomic E-state index is 12.2. The van der Waals surface area contributed by atoms with Crippen LogP contribution < -0.4 is 5.32 Å². The van der Waals surface area contributed by atoms with Gasteiger partial charge in [0.15, 0.2) is 0 Å². The second-order valence-electron chi connectivity index (χ2n) is 6.90. The Balaban J connectivity index is 1.76. The maximum Gasteiger partial charge on any atom is 0.238 e. The lowest BCUT2D eigenvalue weighted by molar-refractivity contribution is -0.133. The molecule has 3 aliphatic rings. The predicted molar refractivity (Wildman–Crippen MR) is 75.7 cm³/mol. The number of hydrogen-bond donors (Lipinski definition) is 1. The number of carbonyl (C=O) groups excluding carboxylic acids is 1. The lowest BCUT2D eigenvalue weighted by atomic mass is 9.81. The van der Waals surface area contributed by atoms with Crippen LogP contribution in [0, 0.1) is 5.92 Å². The van der Waals surface area contributed by atoms with E-state index in [1.54, 1.807) is 0 Å². The molecule has 0 aliphatic carbocycles. The molecule has 3 unspecified atom stereocenters. The Hall–Kier alpha value is -0.610. The number of piperidine rings is 2. The van der Waals surface area contributed by atoms with Gasteiger partial charge >= 0.3 is 0 Å². The van der Waals surface area contributed by atoms with Crippen molar-refractivity contribution in [1.29, 1.82) is 0 Å². The van der Waals surface area contributed by atoms with E-state index < -0.39 is 0 Å². The molecule has 1 N–H and O–H groups in total. The summed E-state index contributed by atoms with van der Waals surface area (Å²) in [6.07, 6.45) is 6.58. The third kappa shape index (κ3) is 2.29. The van der Waals surface area contributed by atoms with Crippen molar-refractivity contribution in [3.63, 3.8) is 0 Å². The van der Waals surface area contributed by atoms with Crippen LogP contribution in [-0.4, -0.2) is 53.6 Å². The van der Waals surface area contributed by atoms with Crippen LogP contribution in [0.5, 0.6) is 0 Å². The number of hydrogen-bond acceptors (Lipinski definition) is 3. The Labute approximate surface area is 116 Å². The van der Waals surface area contributed by atoms with E-state index in [2.05, 4.69) is 36.0 Å². The topological polar surface area (TPSA) is 35.6 Å². The molecule has 0 aromatic rings. The van der Waals surface area contributed by atoms with Crippen LogP contribution in [0.3, 0.4) is 0 Å². The number of carbonyl (C=O) groups is 1. The Morgan fingerprint density at radius 1 is 1.16 bits per heavy atom. The number of fused-ring (bicyclic) bond motifs is 2. The summed E-state index contributed by atoms with van der Waals surface area (Å²) in [4.78, 5) is 17.0. The van der Waals surface area contributed by atoms with Gasteiger partial charge in [0.25, 0.3) is 0 Å². The molecule has 4 nitrogen and oxygen atoms in total. The first-order chi connectivity index (χ1) is 9.08. The molecule has 3 fully saturated rings. The average molecular weight is 265 g/mol. The second-order valence-corrected chi connectivity index (χ2v) is 6.90. The van der Waals surface area contributed by atoms with Crippen molar-refractivity contribution in [1.82, 2.24) is 15.1 Å². The van der Waals surface area contributed by atoms with E-state index in [0.29, 0.717) is 36.5 Å². The molecular weight excluding hydrogens is 238 g/mol. The van der Waals surface area contributed by atoms with Gasteiger partial charge in [0, 0.05) is 18.1 Å². The second kappa shape index (κ2) is 5.06. The molecule has 1 amide bonds. The van der Waals surface area contributed by atoms with Crippen LogP contribution in [0.4, 0.5) is 0 Å². The van der Waals surface area contributed by atoms with Crippen molar-refractivity contribution >= 4 is 5.91 Å². The van der Waals surface area contributed by atoms with Crippen molar-refractivity contribution < 1.29 is 4.79 Å². The quantitative estimate of drug-likeness (QED) is 0.820. The van der Waals surface area contributed by atoms with E-state index in [1.165, 1.54) is 32.1 Å². The largest absolute Gasteiger partial charge is 0.323 e. The number of nitrogens with zero attached hydrogens (tertiary/aromatic N) is 2. The highest BCUT2D eigenvalue weighted by molar-refractivity contribution is 5.81. The highest BCUT2D eigenvalue weighted by Gasteiger charge is 2.44. The molecule has 0 aromatic carbocycles. The minimum atomic E-state index is 0.252. The van der Waals surface area contributed by atoms with Crippen molar-refractivity contribution in [3.05, 3.63) is 0 Å². The van der Waals surface area contributed by atoms with Crippen molar-refractivity contribution in [2.45, 2.75) is 70.2 Å². The van der Waals surface area contributed by atoms with Crippen LogP contribution in [0.15, 0.2) is 0 Å². The zero-order valence-corrected chi connectivity index (χ0v) is 12.4. The normalized spacial score (nSPS) is 40.2. The molecule has 4 heteroatoms. The van der Waals surface area contributed by atoms with Gasteiger partial charge in [0.05, 0.1) is 12.7 Å². The zero-order chi connectivity index (χ0) is 13.6. The van der Waals surface area contributed by atoms with E-state index >= 15 is 0 Å². The van der Waals surface area contributed by atoms with E-state index in [1.807, 2.05) is 0 Å². The standard InChI is InChI=1S/C15H27N3O/c1-10(2)15-16-9-14(19)18(15)13-7-11-5-4-6-12(8-13)17(11)3/h10-13,15-16H,4-9H2,1-3H3. The van der Waals surface area contributed by atoms with E-state index in [4.69, 9.17) is 0 Å². The summed E-state index contributed by atoms with van der Waals surface area (Å²) >= 11 is 0. The first-order valence-electron chi connectivity index (χ1n) is 7.84. The minimum absolute atomic E-state index is 0.252. The molecule has 0 spiro atoms. The fourth-order valence-corrected chi connectivity index (χ4v) is 4.34. The summed E-state index contributed by atoms with van der Waals surface area (Å²) in [5.41, 5.74) is 0. The number of rotatable bonds is 2. The van der Waals surface area contributed by atoms with E-state index in [0.717, 1.165) is 0 Å². The van der Waals surface area contributed by atoms with E-state index in [-0.39, 0.29) is 6.17 Å². The van der Waals surface area contributed by atoms with Gasteiger partial charge in [-0.05, 0) is 38.6 Å². The number of amides is 1. The van der Waals surface area contributed by atoms with Crippen molar-refractivity contribution in [3.8, 4) is 0 Å². The van der Waals surface area contributed by atoms with Crippen LogP contribution >= 0.6 is 0 Å². The summed E-state index contributed by atoms with van der Waals surface area (Å²) < 4.78 is 0. The average Bonchev–Trinajstić information content (AvgIpc) is 2.71. The van der Waals surface area contributed by atoms with Crippen molar-refractivity contribution in [2.75, 3.05) is 13.6 Å². The summed E-state index contributed by atoms with van der Waals surface area (Å²) in [5.74, 6) is 0.803. The Kier molecular flexibility index (Phi) is 3.56. The van der Waals surface area contributed by atoms with Crippen LogP contribution in [0.25, 0.3) is 0 Å². The van der Waals surface area contributed by atoms with Gasteiger partial charge in [0.2, 0.25) is 5.91 Å². The zero-order valence-electron chi connectivity index (χ0n) is 12.4. The molecule has 3 saturated heterocycles. The van der Waals surface area contributed by atoms with Gasteiger partial charge in [0.1, 0.15) is 0 Å². The molecule has 0 radical (unpaired) electrons. The highest BCUT2D eigenvalue weighted by Crippen LogP contribution is 2.36. The summed E-state index contributed by atoms with van der Waals surface area (Å²) in [7, 11) is 2.27. The van der Waals surface area contributed by atoms with Crippen LogP contribution in [0.2, 0.25) is 0 Å². The molecule has 0 aromatic heterocycles. The van der Waals surface area contributed by atoms with Crippen LogP contribution in [-0.2, 0) is 4.79 Å². The summed E-state index contributed by atoms with van der Waals surface area (Å²) in [6.45, 7) is 4.95. The Morgan fingerprint density at radius 2 is 1.79 bits per heavy atom. The SMILES string of the molecule is CC(C)C1NCC(=O)N1C1CC2CCCC(C1)N2C. The maximum atomic E-state index is 12.2. The van der Waals surface area contributed by atoms with Gasteiger partial charge < -0.3 is 9.80 Å². The lowest BCUT2D eigenvalue weighted by Gasteiger charge is -2.50. The Morgan fingerprint density at radius 3 is 2.37 bits per heavy atom. The fourth-order valence-electron chi connectivity index (χ4n) is 4.34. The van der Waals surface area contributed by atoms with Gasteiger partial charge in [-0.15, -0.1) is 0 Å². The van der Waals surface area contributed by atoms with Gasteiger partial charge in [-0.2, -0.15) is 0 Å². The smallest absolute Gasteiger partial charge is 0.238 e. The minimum Gasteiger partial charge on any atom is -0.323 e. The molecule has 3 aliphatic heterocycles. The lowest BCUT2D eigenvalue weighted by Crippen LogP contribution is -2.58.